The first-order valence-corrected chi connectivity index (χ1v) is 6.74. The molecule has 0 bridgehead atoms. The molecule has 1 unspecified atom stereocenters. The van der Waals surface area contributed by atoms with Crippen LogP contribution in [0.3, 0.4) is 0 Å². The number of likely N-dealkylation sites (N-methyl/N-ethyl adjacent to an activating group) is 1. The highest BCUT2D eigenvalue weighted by atomic mass is 19.1. The average Bonchev–Trinajstić information content (AvgIpc) is 2.38. The number of halogens is 1. The van der Waals surface area contributed by atoms with Crippen LogP contribution in [0.2, 0.25) is 0 Å². The van der Waals surface area contributed by atoms with Crippen molar-refractivity contribution >= 4 is 17.7 Å². The molecule has 7 heteroatoms. The minimum Gasteiger partial charge on any atom is -0.478 e. The summed E-state index contributed by atoms with van der Waals surface area (Å²) in [6, 6.07) is 2.65. The summed E-state index contributed by atoms with van der Waals surface area (Å²) in [6.07, 6.45) is 1.86. The highest BCUT2D eigenvalue weighted by Gasteiger charge is 2.20. The van der Waals surface area contributed by atoms with E-state index >= 15 is 0 Å². The van der Waals surface area contributed by atoms with E-state index in [0.29, 0.717) is 0 Å². The second kappa shape index (κ2) is 6.53. The number of amides is 2. The Morgan fingerprint density at radius 1 is 1.43 bits per heavy atom. The van der Waals surface area contributed by atoms with Crippen LogP contribution in [0.5, 0.6) is 0 Å². The number of likely N-dealkylation sites (tertiary alicyclic amines) is 1. The van der Waals surface area contributed by atoms with Crippen LogP contribution in [0.4, 0.5) is 14.9 Å². The summed E-state index contributed by atoms with van der Waals surface area (Å²) >= 11 is 0. The number of carbonyl (C=O) groups is 2. The van der Waals surface area contributed by atoms with Crippen LogP contribution >= 0.6 is 0 Å². The molecule has 2 rings (SSSR count). The Morgan fingerprint density at radius 2 is 2.19 bits per heavy atom. The highest BCUT2D eigenvalue weighted by Crippen LogP contribution is 2.17. The number of urea groups is 1. The van der Waals surface area contributed by atoms with Crippen molar-refractivity contribution < 1.29 is 19.1 Å². The molecular weight excluding hydrogens is 277 g/mol. The predicted molar refractivity (Wildman–Crippen MR) is 76.0 cm³/mol. The van der Waals surface area contributed by atoms with Gasteiger partial charge in [0.05, 0.1) is 11.3 Å². The van der Waals surface area contributed by atoms with Crippen LogP contribution in [0.1, 0.15) is 23.2 Å². The molecule has 2 amide bonds. The third kappa shape index (κ3) is 4.16. The normalized spacial score (nSPS) is 19.0. The molecule has 1 heterocycles. The van der Waals surface area contributed by atoms with E-state index in [1.165, 1.54) is 0 Å². The zero-order valence-corrected chi connectivity index (χ0v) is 11.7. The molecule has 1 aliphatic rings. The SMILES string of the molecule is CN1CCCC(NC(=O)Nc2cc(F)ccc2C(=O)O)C1. The average molecular weight is 295 g/mol. The summed E-state index contributed by atoms with van der Waals surface area (Å²) in [5, 5.41) is 14.2. The van der Waals surface area contributed by atoms with E-state index in [-0.39, 0.29) is 17.3 Å². The van der Waals surface area contributed by atoms with Gasteiger partial charge in [0.2, 0.25) is 0 Å². The first-order valence-electron chi connectivity index (χ1n) is 6.74. The molecular formula is C14H18FN3O3. The van der Waals surface area contributed by atoms with Crippen LogP contribution < -0.4 is 10.6 Å². The summed E-state index contributed by atoms with van der Waals surface area (Å²) in [7, 11) is 1.97. The molecule has 0 aliphatic carbocycles. The Labute approximate surface area is 121 Å². The summed E-state index contributed by atoms with van der Waals surface area (Å²) in [5.41, 5.74) is -0.198. The Balaban J connectivity index is 2.02. The number of hydrogen-bond acceptors (Lipinski definition) is 3. The number of hydrogen-bond donors (Lipinski definition) is 3. The van der Waals surface area contributed by atoms with Gasteiger partial charge in [-0.3, -0.25) is 0 Å². The van der Waals surface area contributed by atoms with E-state index in [2.05, 4.69) is 15.5 Å². The van der Waals surface area contributed by atoms with Crippen molar-refractivity contribution in [1.29, 1.82) is 0 Å². The zero-order chi connectivity index (χ0) is 15.4. The van der Waals surface area contributed by atoms with Crippen LogP contribution in [-0.4, -0.2) is 48.2 Å². The van der Waals surface area contributed by atoms with Crippen LogP contribution in [0, 0.1) is 5.82 Å². The molecule has 1 atom stereocenters. The molecule has 3 N–H and O–H groups in total. The fraction of sp³-hybridized carbons (Fsp3) is 0.429. The van der Waals surface area contributed by atoms with Crippen molar-refractivity contribution in [2.75, 3.05) is 25.5 Å². The van der Waals surface area contributed by atoms with E-state index in [1.807, 2.05) is 7.05 Å². The monoisotopic (exact) mass is 295 g/mol. The van der Waals surface area contributed by atoms with Gasteiger partial charge in [0, 0.05) is 12.6 Å². The van der Waals surface area contributed by atoms with Crippen molar-refractivity contribution in [2.24, 2.45) is 0 Å². The van der Waals surface area contributed by atoms with E-state index < -0.39 is 17.8 Å². The van der Waals surface area contributed by atoms with Gasteiger partial charge in [0.1, 0.15) is 5.82 Å². The lowest BCUT2D eigenvalue weighted by atomic mass is 10.1. The van der Waals surface area contributed by atoms with Gasteiger partial charge in [-0.25, -0.2) is 14.0 Å². The van der Waals surface area contributed by atoms with Gasteiger partial charge in [0.15, 0.2) is 0 Å². The number of carboxylic acids is 1. The molecule has 0 spiro atoms. The number of rotatable bonds is 3. The molecule has 21 heavy (non-hydrogen) atoms. The molecule has 0 radical (unpaired) electrons. The van der Waals surface area contributed by atoms with Gasteiger partial charge >= 0.3 is 12.0 Å². The lowest BCUT2D eigenvalue weighted by Gasteiger charge is -2.30. The van der Waals surface area contributed by atoms with E-state index in [1.54, 1.807) is 0 Å². The Bertz CT molecular complexity index is 550. The molecule has 1 aromatic rings. The van der Waals surface area contributed by atoms with Gasteiger partial charge in [-0.05, 0) is 44.6 Å². The fourth-order valence-corrected chi connectivity index (χ4v) is 2.43. The fourth-order valence-electron chi connectivity index (χ4n) is 2.43. The molecule has 1 saturated heterocycles. The van der Waals surface area contributed by atoms with Crippen molar-refractivity contribution in [3.05, 3.63) is 29.6 Å². The number of carbonyl (C=O) groups excluding carboxylic acids is 1. The lowest BCUT2D eigenvalue weighted by molar-refractivity contribution is 0.0698. The highest BCUT2D eigenvalue weighted by molar-refractivity contribution is 6.00. The molecule has 0 aromatic heterocycles. The Morgan fingerprint density at radius 3 is 2.86 bits per heavy atom. The van der Waals surface area contributed by atoms with Gasteiger partial charge < -0.3 is 20.6 Å². The predicted octanol–water partition coefficient (Wildman–Crippen LogP) is 1.74. The van der Waals surface area contributed by atoms with Gasteiger partial charge in [-0.1, -0.05) is 0 Å². The standard InChI is InChI=1S/C14H18FN3O3/c1-18-6-2-3-10(8-18)16-14(21)17-12-7-9(15)4-5-11(12)13(19)20/h4-5,7,10H,2-3,6,8H2,1H3,(H,19,20)(H2,16,17,21). The summed E-state index contributed by atoms with van der Waals surface area (Å²) in [6.45, 7) is 1.73. The molecule has 1 aliphatic heterocycles. The van der Waals surface area contributed by atoms with Gasteiger partial charge in [-0.2, -0.15) is 0 Å². The first-order chi connectivity index (χ1) is 9.95. The molecule has 1 aromatic carbocycles. The summed E-state index contributed by atoms with van der Waals surface area (Å²) in [4.78, 5) is 25.1. The molecule has 114 valence electrons. The van der Waals surface area contributed by atoms with E-state index in [4.69, 9.17) is 5.11 Å². The maximum Gasteiger partial charge on any atom is 0.337 e. The van der Waals surface area contributed by atoms with E-state index in [0.717, 1.165) is 44.1 Å². The smallest absolute Gasteiger partial charge is 0.337 e. The van der Waals surface area contributed by atoms with Crippen LogP contribution in [0.15, 0.2) is 18.2 Å². The number of benzene rings is 1. The molecule has 0 saturated carbocycles. The number of nitrogens with one attached hydrogen (secondary N) is 2. The molecule has 1 fully saturated rings. The maximum atomic E-state index is 13.2. The summed E-state index contributed by atoms with van der Waals surface area (Å²) < 4.78 is 13.2. The number of carboxylic acid groups (broad SMARTS) is 1. The second-order valence-electron chi connectivity index (χ2n) is 5.19. The zero-order valence-electron chi connectivity index (χ0n) is 11.7. The third-order valence-corrected chi connectivity index (χ3v) is 3.42. The Hall–Kier alpha value is -2.15. The van der Waals surface area contributed by atoms with Crippen molar-refractivity contribution in [2.45, 2.75) is 18.9 Å². The van der Waals surface area contributed by atoms with Crippen LogP contribution in [0.25, 0.3) is 0 Å². The van der Waals surface area contributed by atoms with Crippen molar-refractivity contribution in [1.82, 2.24) is 10.2 Å². The van der Waals surface area contributed by atoms with E-state index in [9.17, 15) is 14.0 Å². The number of piperidine rings is 1. The maximum absolute atomic E-state index is 13.2. The van der Waals surface area contributed by atoms with Crippen molar-refractivity contribution in [3.8, 4) is 0 Å². The van der Waals surface area contributed by atoms with Crippen molar-refractivity contribution in [3.63, 3.8) is 0 Å². The third-order valence-electron chi connectivity index (χ3n) is 3.42. The minimum absolute atomic E-state index is 0.00517. The minimum atomic E-state index is -1.22. The first kappa shape index (κ1) is 15.2. The second-order valence-corrected chi connectivity index (χ2v) is 5.19. The lowest BCUT2D eigenvalue weighted by Crippen LogP contribution is -2.47. The number of anilines is 1. The van der Waals surface area contributed by atoms with Gasteiger partial charge in [0.25, 0.3) is 0 Å². The number of aromatic carboxylic acids is 1. The summed E-state index contributed by atoms with van der Waals surface area (Å²) in [5.74, 6) is -1.82. The number of nitrogens with zero attached hydrogens (tertiary/aromatic N) is 1. The quantitative estimate of drug-likeness (QED) is 0.793. The topological polar surface area (TPSA) is 81.7 Å². The molecule has 6 nitrogen and oxygen atoms in total. The van der Waals surface area contributed by atoms with Gasteiger partial charge in [-0.15, -0.1) is 0 Å². The van der Waals surface area contributed by atoms with Crippen LogP contribution in [-0.2, 0) is 0 Å². The largest absolute Gasteiger partial charge is 0.478 e. The Kier molecular flexibility index (Phi) is 4.74.